The number of hydrogen-bond acceptors (Lipinski definition) is 7. The molecule has 5 rings (SSSR count). The molecule has 170 valence electrons. The van der Waals surface area contributed by atoms with Crippen LogP contribution in [0.1, 0.15) is 17.4 Å². The largest absolute Gasteiger partial charge is 0.497 e. The summed E-state index contributed by atoms with van der Waals surface area (Å²) in [5, 5.41) is 6.40. The normalized spacial score (nSPS) is 14.4. The lowest BCUT2D eigenvalue weighted by Crippen LogP contribution is -2.37. The summed E-state index contributed by atoms with van der Waals surface area (Å²) in [5.74, 6) is 3.02. The molecule has 1 atom stereocenters. The van der Waals surface area contributed by atoms with E-state index >= 15 is 0 Å². The molecule has 0 spiro atoms. The minimum atomic E-state index is -0.628. The Hall–Kier alpha value is -4.59. The number of fused-ring (bicyclic) bond motifs is 1. The first-order valence-corrected chi connectivity index (χ1v) is 10.8. The van der Waals surface area contributed by atoms with E-state index in [1.807, 2.05) is 78.9 Å². The van der Waals surface area contributed by atoms with Crippen LogP contribution in [0.3, 0.4) is 0 Å². The number of aliphatic imine (C=N–C) groups is 1. The van der Waals surface area contributed by atoms with Crippen LogP contribution in [-0.4, -0.2) is 22.6 Å². The van der Waals surface area contributed by atoms with E-state index in [1.165, 1.54) is 10.6 Å². The SMILES string of the molecule is COc1ccc(NC2=NC(c3cccc(Oc4ccccc4)c3)n3c(nc(C)cc3=O)N2)cc1. The highest BCUT2D eigenvalue weighted by Crippen LogP contribution is 2.30. The summed E-state index contributed by atoms with van der Waals surface area (Å²) in [7, 11) is 1.62. The predicted octanol–water partition coefficient (Wildman–Crippen LogP) is 4.79. The van der Waals surface area contributed by atoms with Crippen LogP contribution < -0.4 is 25.7 Å². The van der Waals surface area contributed by atoms with Gasteiger partial charge in [0, 0.05) is 23.0 Å². The van der Waals surface area contributed by atoms with E-state index in [0.29, 0.717) is 23.4 Å². The molecule has 34 heavy (non-hydrogen) atoms. The number of para-hydroxylation sites is 1. The van der Waals surface area contributed by atoms with Gasteiger partial charge in [0.2, 0.25) is 11.9 Å². The third-order valence-electron chi connectivity index (χ3n) is 5.29. The number of rotatable bonds is 5. The number of methoxy groups -OCH3 is 1. The van der Waals surface area contributed by atoms with Gasteiger partial charge in [0.05, 0.1) is 7.11 Å². The van der Waals surface area contributed by atoms with Crippen LogP contribution in [0.4, 0.5) is 11.6 Å². The van der Waals surface area contributed by atoms with Crippen LogP contribution in [0.25, 0.3) is 0 Å². The smallest absolute Gasteiger partial charge is 0.257 e. The van der Waals surface area contributed by atoms with Crippen molar-refractivity contribution >= 4 is 17.6 Å². The number of guanidine groups is 1. The Balaban J connectivity index is 1.52. The second kappa shape index (κ2) is 9.11. The van der Waals surface area contributed by atoms with E-state index in [0.717, 1.165) is 22.7 Å². The second-order valence-corrected chi connectivity index (χ2v) is 7.75. The van der Waals surface area contributed by atoms with E-state index in [-0.39, 0.29) is 5.56 Å². The van der Waals surface area contributed by atoms with E-state index in [1.54, 1.807) is 14.0 Å². The third-order valence-corrected chi connectivity index (χ3v) is 5.29. The predicted molar refractivity (Wildman–Crippen MR) is 132 cm³/mol. The van der Waals surface area contributed by atoms with Gasteiger partial charge in [0.15, 0.2) is 6.17 Å². The van der Waals surface area contributed by atoms with Crippen molar-refractivity contribution in [1.29, 1.82) is 0 Å². The van der Waals surface area contributed by atoms with Crippen LogP contribution in [-0.2, 0) is 0 Å². The zero-order valence-corrected chi connectivity index (χ0v) is 18.7. The molecule has 4 aromatic rings. The van der Waals surface area contributed by atoms with Crippen LogP contribution >= 0.6 is 0 Å². The average Bonchev–Trinajstić information content (AvgIpc) is 2.84. The summed E-state index contributed by atoms with van der Waals surface area (Å²) in [5.41, 5.74) is 2.03. The summed E-state index contributed by atoms with van der Waals surface area (Å²) in [6, 6.07) is 26.1. The fourth-order valence-electron chi connectivity index (χ4n) is 3.71. The van der Waals surface area contributed by atoms with Gasteiger partial charge in [-0.1, -0.05) is 30.3 Å². The molecular weight excluding hydrogens is 430 g/mol. The van der Waals surface area contributed by atoms with Gasteiger partial charge < -0.3 is 14.8 Å². The molecule has 1 aromatic heterocycles. The third kappa shape index (κ3) is 4.47. The van der Waals surface area contributed by atoms with Crippen molar-refractivity contribution in [3.63, 3.8) is 0 Å². The number of anilines is 2. The molecule has 0 radical (unpaired) electrons. The zero-order valence-electron chi connectivity index (χ0n) is 18.7. The standard InChI is InChI=1S/C26H23N5O3/c1-17-15-23(32)31-24(18-7-6-10-22(16-18)34-21-8-4-3-5-9-21)29-25(30-26(31)27-17)28-19-11-13-20(33-2)14-12-19/h3-16,24H,1-2H3,(H2,27,28,29,30). The minimum Gasteiger partial charge on any atom is -0.497 e. The zero-order chi connectivity index (χ0) is 23.5. The van der Waals surface area contributed by atoms with Crippen molar-refractivity contribution in [1.82, 2.24) is 9.55 Å². The number of nitrogens with one attached hydrogen (secondary N) is 2. The Bertz CT molecular complexity index is 1400. The Kier molecular flexibility index (Phi) is 5.70. The molecule has 0 saturated carbocycles. The molecule has 1 aliphatic rings. The van der Waals surface area contributed by atoms with Crippen molar-refractivity contribution in [2.75, 3.05) is 17.7 Å². The van der Waals surface area contributed by atoms with Gasteiger partial charge in [-0.15, -0.1) is 0 Å². The van der Waals surface area contributed by atoms with Gasteiger partial charge in [-0.2, -0.15) is 0 Å². The summed E-state index contributed by atoms with van der Waals surface area (Å²) >= 11 is 0. The lowest BCUT2D eigenvalue weighted by molar-refractivity contribution is 0.415. The quantitative estimate of drug-likeness (QED) is 0.452. The van der Waals surface area contributed by atoms with E-state index in [4.69, 9.17) is 14.5 Å². The molecular formula is C26H23N5O3. The summed E-state index contributed by atoms with van der Waals surface area (Å²) in [6.07, 6.45) is -0.628. The monoisotopic (exact) mass is 453 g/mol. The van der Waals surface area contributed by atoms with Crippen molar-refractivity contribution < 1.29 is 9.47 Å². The first kappa shape index (κ1) is 21.3. The van der Waals surface area contributed by atoms with Gasteiger partial charge in [-0.3, -0.25) is 14.7 Å². The average molecular weight is 454 g/mol. The van der Waals surface area contributed by atoms with Crippen molar-refractivity contribution in [2.24, 2.45) is 4.99 Å². The van der Waals surface area contributed by atoms with E-state index in [9.17, 15) is 4.79 Å². The molecule has 2 heterocycles. The summed E-state index contributed by atoms with van der Waals surface area (Å²) < 4.78 is 12.8. The Morgan fingerprint density at radius 3 is 2.44 bits per heavy atom. The molecule has 2 N–H and O–H groups in total. The summed E-state index contributed by atoms with van der Waals surface area (Å²) in [4.78, 5) is 22.3. The maximum absolute atomic E-state index is 12.9. The Labute approximate surface area is 196 Å². The maximum atomic E-state index is 12.9. The molecule has 0 aliphatic carbocycles. The molecule has 0 fully saturated rings. The number of aryl methyl sites for hydroxylation is 1. The maximum Gasteiger partial charge on any atom is 0.257 e. The number of ether oxygens (including phenoxy) is 2. The number of aromatic nitrogens is 2. The first-order valence-electron chi connectivity index (χ1n) is 10.8. The van der Waals surface area contributed by atoms with Crippen LogP contribution in [0.2, 0.25) is 0 Å². The van der Waals surface area contributed by atoms with Gasteiger partial charge in [0.1, 0.15) is 17.2 Å². The molecule has 8 heteroatoms. The lowest BCUT2D eigenvalue weighted by Gasteiger charge is -2.27. The Morgan fingerprint density at radius 2 is 1.68 bits per heavy atom. The van der Waals surface area contributed by atoms with Gasteiger partial charge in [-0.05, 0) is 55.5 Å². The van der Waals surface area contributed by atoms with Crippen molar-refractivity contribution in [3.8, 4) is 17.2 Å². The van der Waals surface area contributed by atoms with Crippen LogP contribution in [0.15, 0.2) is 94.7 Å². The van der Waals surface area contributed by atoms with E-state index < -0.39 is 6.17 Å². The molecule has 3 aromatic carbocycles. The fraction of sp³-hybridized carbons (Fsp3) is 0.115. The number of benzene rings is 3. The van der Waals surface area contributed by atoms with Crippen molar-refractivity contribution in [2.45, 2.75) is 13.1 Å². The molecule has 0 amide bonds. The topological polar surface area (TPSA) is 89.8 Å². The molecule has 1 aliphatic heterocycles. The molecule has 8 nitrogen and oxygen atoms in total. The highest BCUT2D eigenvalue weighted by Gasteiger charge is 2.25. The second-order valence-electron chi connectivity index (χ2n) is 7.75. The number of nitrogens with zero attached hydrogens (tertiary/aromatic N) is 3. The first-order chi connectivity index (χ1) is 16.6. The fourth-order valence-corrected chi connectivity index (χ4v) is 3.71. The Morgan fingerprint density at radius 1 is 0.912 bits per heavy atom. The molecule has 1 unspecified atom stereocenters. The highest BCUT2D eigenvalue weighted by atomic mass is 16.5. The number of hydrogen-bond donors (Lipinski definition) is 2. The van der Waals surface area contributed by atoms with Crippen LogP contribution in [0.5, 0.6) is 17.2 Å². The summed E-state index contributed by atoms with van der Waals surface area (Å²) in [6.45, 7) is 1.79. The highest BCUT2D eigenvalue weighted by molar-refractivity contribution is 6.03. The molecule has 0 saturated heterocycles. The van der Waals surface area contributed by atoms with Crippen molar-refractivity contribution in [3.05, 3.63) is 107 Å². The van der Waals surface area contributed by atoms with Crippen LogP contribution in [0, 0.1) is 6.92 Å². The van der Waals surface area contributed by atoms with E-state index in [2.05, 4.69) is 15.6 Å². The molecule has 0 bridgehead atoms. The van der Waals surface area contributed by atoms with Gasteiger partial charge in [0.25, 0.3) is 5.56 Å². The lowest BCUT2D eigenvalue weighted by atomic mass is 10.1. The van der Waals surface area contributed by atoms with Gasteiger partial charge >= 0.3 is 0 Å². The minimum absolute atomic E-state index is 0.193. The van der Waals surface area contributed by atoms with Gasteiger partial charge in [-0.25, -0.2) is 9.98 Å².